The van der Waals surface area contributed by atoms with Crippen molar-refractivity contribution in [1.29, 1.82) is 0 Å². The van der Waals surface area contributed by atoms with Crippen LogP contribution in [0.4, 0.5) is 5.69 Å². The van der Waals surface area contributed by atoms with E-state index in [0.29, 0.717) is 11.3 Å². The van der Waals surface area contributed by atoms with Crippen LogP contribution in [0.1, 0.15) is 17.3 Å². The number of ketones is 1. The molecule has 1 heterocycles. The van der Waals surface area contributed by atoms with E-state index in [0.717, 1.165) is 0 Å². The average molecular weight is 262 g/mol. The minimum Gasteiger partial charge on any atom is -0.466 e. The number of hydrogen-bond donors (Lipinski definition) is 1. The lowest BCUT2D eigenvalue weighted by Crippen LogP contribution is -2.71. The summed E-state index contributed by atoms with van der Waals surface area (Å²) in [4.78, 5) is 37.4. The number of rotatable bonds is 2. The van der Waals surface area contributed by atoms with Crippen LogP contribution in [0, 0.1) is 0 Å². The number of hydrogen-bond acceptors (Lipinski definition) is 5. The Bertz CT molecular complexity index is 570. The molecule has 1 aliphatic heterocycles. The number of fused-ring (bicyclic) bond motifs is 1. The number of carbonyl (C=O) groups excluding carboxylic acids is 3. The van der Waals surface area contributed by atoms with Crippen molar-refractivity contribution in [1.82, 2.24) is 5.32 Å². The van der Waals surface area contributed by atoms with E-state index >= 15 is 0 Å². The molecule has 6 nitrogen and oxygen atoms in total. The van der Waals surface area contributed by atoms with Crippen LogP contribution in [0.2, 0.25) is 0 Å². The molecule has 0 aliphatic carbocycles. The molecule has 1 amide bonds. The highest BCUT2D eigenvalue weighted by Crippen LogP contribution is 2.31. The maximum atomic E-state index is 12.1. The zero-order valence-electron chi connectivity index (χ0n) is 10.9. The maximum Gasteiger partial charge on any atom is 0.361 e. The maximum absolute atomic E-state index is 12.1. The molecule has 0 bridgehead atoms. The van der Waals surface area contributed by atoms with Crippen LogP contribution in [0.25, 0.3) is 0 Å². The van der Waals surface area contributed by atoms with Crippen LogP contribution in [0.3, 0.4) is 0 Å². The molecule has 0 saturated carbocycles. The van der Waals surface area contributed by atoms with Crippen LogP contribution in [0.5, 0.6) is 0 Å². The summed E-state index contributed by atoms with van der Waals surface area (Å²) >= 11 is 0. The van der Waals surface area contributed by atoms with Crippen molar-refractivity contribution in [2.24, 2.45) is 0 Å². The van der Waals surface area contributed by atoms with Crippen LogP contribution >= 0.6 is 0 Å². The SMILES string of the molecule is COC(=O)C1(C(C)=O)NC(=O)c2ccccc2N1C. The van der Waals surface area contributed by atoms with Crippen molar-refractivity contribution < 1.29 is 19.1 Å². The predicted molar refractivity (Wildman–Crippen MR) is 67.7 cm³/mol. The first kappa shape index (κ1) is 13.1. The number of esters is 1. The Balaban J connectivity index is 2.65. The van der Waals surface area contributed by atoms with Crippen molar-refractivity contribution >= 4 is 23.3 Å². The number of amides is 1. The number of nitrogens with one attached hydrogen (secondary N) is 1. The first-order valence-electron chi connectivity index (χ1n) is 5.70. The first-order chi connectivity index (χ1) is 8.95. The van der Waals surface area contributed by atoms with E-state index in [4.69, 9.17) is 0 Å². The van der Waals surface area contributed by atoms with Crippen molar-refractivity contribution in [3.63, 3.8) is 0 Å². The van der Waals surface area contributed by atoms with Crippen LogP contribution < -0.4 is 10.2 Å². The van der Waals surface area contributed by atoms with Crippen molar-refractivity contribution in [3.8, 4) is 0 Å². The van der Waals surface area contributed by atoms with E-state index in [9.17, 15) is 14.4 Å². The molecule has 0 fully saturated rings. The molecular weight excluding hydrogens is 248 g/mol. The smallest absolute Gasteiger partial charge is 0.361 e. The van der Waals surface area contributed by atoms with Gasteiger partial charge in [-0.15, -0.1) is 0 Å². The van der Waals surface area contributed by atoms with Gasteiger partial charge in [0, 0.05) is 7.05 Å². The summed E-state index contributed by atoms with van der Waals surface area (Å²) in [7, 11) is 2.74. The average Bonchev–Trinajstić information content (AvgIpc) is 2.41. The molecule has 1 aliphatic rings. The number of methoxy groups -OCH3 is 1. The summed E-state index contributed by atoms with van der Waals surface area (Å²) in [5.74, 6) is -1.80. The zero-order valence-corrected chi connectivity index (χ0v) is 10.9. The van der Waals surface area contributed by atoms with Gasteiger partial charge in [-0.2, -0.15) is 0 Å². The molecular formula is C13H14N2O4. The van der Waals surface area contributed by atoms with E-state index in [1.165, 1.54) is 18.9 Å². The summed E-state index contributed by atoms with van der Waals surface area (Å²) in [6.07, 6.45) is 0. The van der Waals surface area contributed by atoms with Gasteiger partial charge < -0.3 is 15.0 Å². The highest BCUT2D eigenvalue weighted by Gasteiger charge is 2.53. The topological polar surface area (TPSA) is 75.7 Å². The number of Topliss-reactive ketones (excluding diaryl/α,β-unsaturated/α-hetero) is 1. The molecule has 0 spiro atoms. The predicted octanol–water partition coefficient (Wildman–Crippen LogP) is 0.324. The van der Waals surface area contributed by atoms with Gasteiger partial charge in [-0.3, -0.25) is 9.59 Å². The fraction of sp³-hybridized carbons (Fsp3) is 0.308. The van der Waals surface area contributed by atoms with Gasteiger partial charge in [0.2, 0.25) is 0 Å². The largest absolute Gasteiger partial charge is 0.466 e. The van der Waals surface area contributed by atoms with E-state index in [2.05, 4.69) is 10.1 Å². The molecule has 1 atom stereocenters. The number of likely N-dealkylation sites (N-methyl/N-ethyl adjacent to an activating group) is 1. The fourth-order valence-electron chi connectivity index (χ4n) is 2.26. The molecule has 6 heteroatoms. The van der Waals surface area contributed by atoms with Gasteiger partial charge in [0.05, 0.1) is 18.4 Å². The highest BCUT2D eigenvalue weighted by atomic mass is 16.5. The van der Waals surface area contributed by atoms with Gasteiger partial charge in [-0.05, 0) is 19.1 Å². The summed E-state index contributed by atoms with van der Waals surface area (Å²) in [6, 6.07) is 6.75. The monoisotopic (exact) mass is 262 g/mol. The third-order valence-electron chi connectivity index (χ3n) is 3.30. The van der Waals surface area contributed by atoms with E-state index in [1.54, 1.807) is 31.3 Å². The Hall–Kier alpha value is -2.37. The molecule has 1 aromatic carbocycles. The van der Waals surface area contributed by atoms with E-state index in [1.807, 2.05) is 0 Å². The lowest BCUT2D eigenvalue weighted by molar-refractivity contribution is -0.152. The van der Waals surface area contributed by atoms with Crippen molar-refractivity contribution in [3.05, 3.63) is 29.8 Å². The summed E-state index contributed by atoms with van der Waals surface area (Å²) in [6.45, 7) is 1.24. The number of carbonyl (C=O) groups is 3. The third kappa shape index (κ3) is 1.68. The second kappa shape index (κ2) is 4.38. The van der Waals surface area contributed by atoms with Crippen LogP contribution in [-0.4, -0.2) is 37.5 Å². The zero-order chi connectivity index (χ0) is 14.2. The standard InChI is InChI=1S/C13H14N2O4/c1-8(16)13(12(18)19-3)14-11(17)9-6-4-5-7-10(9)15(13)2/h4-7H,1-3H3,(H,14,17). The number of ether oxygens (including phenoxy) is 1. The minimum atomic E-state index is -1.81. The molecule has 2 rings (SSSR count). The summed E-state index contributed by atoms with van der Waals surface area (Å²) in [5.41, 5.74) is -0.891. The normalized spacial score (nSPS) is 21.4. The fourth-order valence-corrected chi connectivity index (χ4v) is 2.26. The third-order valence-corrected chi connectivity index (χ3v) is 3.30. The van der Waals surface area contributed by atoms with Gasteiger partial charge in [-0.25, -0.2) is 4.79 Å². The molecule has 19 heavy (non-hydrogen) atoms. The Morgan fingerprint density at radius 3 is 2.53 bits per heavy atom. The second-order valence-corrected chi connectivity index (χ2v) is 4.29. The van der Waals surface area contributed by atoms with Gasteiger partial charge in [0.1, 0.15) is 0 Å². The molecule has 100 valence electrons. The van der Waals surface area contributed by atoms with Gasteiger partial charge in [0.25, 0.3) is 11.6 Å². The Morgan fingerprint density at radius 1 is 1.32 bits per heavy atom. The number of para-hydroxylation sites is 1. The van der Waals surface area contributed by atoms with Crippen LogP contribution in [0.15, 0.2) is 24.3 Å². The lowest BCUT2D eigenvalue weighted by atomic mass is 9.96. The molecule has 1 aromatic rings. The van der Waals surface area contributed by atoms with Gasteiger partial charge in [0.15, 0.2) is 5.78 Å². The Kier molecular flexibility index (Phi) is 3.01. The quantitative estimate of drug-likeness (QED) is 0.614. The molecule has 0 radical (unpaired) electrons. The number of anilines is 1. The lowest BCUT2D eigenvalue weighted by Gasteiger charge is -2.42. The van der Waals surface area contributed by atoms with Gasteiger partial charge >= 0.3 is 5.97 Å². The molecule has 1 N–H and O–H groups in total. The number of nitrogens with zero attached hydrogens (tertiary/aromatic N) is 1. The van der Waals surface area contributed by atoms with E-state index < -0.39 is 23.3 Å². The minimum absolute atomic E-state index is 0.408. The van der Waals surface area contributed by atoms with Crippen molar-refractivity contribution in [2.75, 3.05) is 19.1 Å². The Labute approximate surface area is 110 Å². The number of benzene rings is 1. The molecule has 0 saturated heterocycles. The van der Waals surface area contributed by atoms with E-state index in [-0.39, 0.29) is 0 Å². The Morgan fingerprint density at radius 2 is 1.95 bits per heavy atom. The summed E-state index contributed by atoms with van der Waals surface area (Å²) < 4.78 is 4.67. The second-order valence-electron chi connectivity index (χ2n) is 4.29. The molecule has 0 aromatic heterocycles. The highest BCUT2D eigenvalue weighted by molar-refractivity contribution is 6.17. The molecule has 1 unspecified atom stereocenters. The van der Waals surface area contributed by atoms with Crippen molar-refractivity contribution in [2.45, 2.75) is 12.6 Å². The summed E-state index contributed by atoms with van der Waals surface area (Å²) in [5, 5.41) is 2.45. The van der Waals surface area contributed by atoms with Crippen LogP contribution in [-0.2, 0) is 14.3 Å². The first-order valence-corrected chi connectivity index (χ1v) is 5.70. The van der Waals surface area contributed by atoms with Gasteiger partial charge in [-0.1, -0.05) is 12.1 Å².